The second kappa shape index (κ2) is 6.44. The van der Waals surface area contributed by atoms with Crippen LogP contribution in [-0.2, 0) is 0 Å². The van der Waals surface area contributed by atoms with Crippen molar-refractivity contribution >= 4 is 12.4 Å². The first-order valence-electron chi connectivity index (χ1n) is 5.12. The van der Waals surface area contributed by atoms with E-state index >= 15 is 0 Å². The Morgan fingerprint density at radius 2 is 1.69 bits per heavy atom. The van der Waals surface area contributed by atoms with Crippen molar-refractivity contribution in [3.63, 3.8) is 0 Å². The van der Waals surface area contributed by atoms with E-state index in [2.05, 4.69) is 26.0 Å². The largest absolute Gasteiger partial charge is 0.328 e. The molecule has 13 heavy (non-hydrogen) atoms. The Kier molecular flexibility index (Phi) is 6.44. The summed E-state index contributed by atoms with van der Waals surface area (Å²) in [6, 6.07) is 0.480. The summed E-state index contributed by atoms with van der Waals surface area (Å²) < 4.78 is 0. The van der Waals surface area contributed by atoms with E-state index in [4.69, 9.17) is 5.73 Å². The molecule has 2 N–H and O–H groups in total. The van der Waals surface area contributed by atoms with Crippen molar-refractivity contribution in [2.45, 2.75) is 45.6 Å². The molecule has 0 amide bonds. The minimum atomic E-state index is 0. The van der Waals surface area contributed by atoms with Gasteiger partial charge in [0.05, 0.1) is 0 Å². The standard InChI is InChI=1S/C11H21N.ClH/c1-9(2)3-4-10-5-7-11(12)8-6-10;/h3-4,9-11H,5-8,12H2,1-2H3;1H/b4-3+;. The van der Waals surface area contributed by atoms with Crippen LogP contribution in [0.2, 0.25) is 0 Å². The Morgan fingerprint density at radius 1 is 1.15 bits per heavy atom. The Morgan fingerprint density at radius 3 is 2.15 bits per heavy atom. The summed E-state index contributed by atoms with van der Waals surface area (Å²) in [6.07, 6.45) is 9.73. The fraction of sp³-hybridized carbons (Fsp3) is 0.818. The molecular weight excluding hydrogens is 182 g/mol. The van der Waals surface area contributed by atoms with E-state index < -0.39 is 0 Å². The van der Waals surface area contributed by atoms with Gasteiger partial charge in [-0.25, -0.2) is 0 Å². The second-order valence-electron chi connectivity index (χ2n) is 4.30. The van der Waals surface area contributed by atoms with Crippen molar-refractivity contribution in [3.05, 3.63) is 12.2 Å². The first-order valence-corrected chi connectivity index (χ1v) is 5.12. The molecule has 0 aromatic heterocycles. The maximum atomic E-state index is 5.83. The molecule has 1 rings (SSSR count). The van der Waals surface area contributed by atoms with E-state index in [1.807, 2.05) is 0 Å². The van der Waals surface area contributed by atoms with Crippen LogP contribution < -0.4 is 5.73 Å². The molecule has 0 heterocycles. The SMILES string of the molecule is CC(C)/C=C/C1CCC(N)CC1.Cl. The molecule has 0 bridgehead atoms. The van der Waals surface area contributed by atoms with Crippen LogP contribution in [0.5, 0.6) is 0 Å². The zero-order chi connectivity index (χ0) is 8.97. The minimum Gasteiger partial charge on any atom is -0.328 e. The third-order valence-corrected chi connectivity index (χ3v) is 2.58. The third-order valence-electron chi connectivity index (χ3n) is 2.58. The maximum absolute atomic E-state index is 5.83. The van der Waals surface area contributed by atoms with Gasteiger partial charge in [0.1, 0.15) is 0 Å². The Balaban J connectivity index is 0.00000144. The van der Waals surface area contributed by atoms with Crippen LogP contribution in [-0.4, -0.2) is 6.04 Å². The normalized spacial score (nSPS) is 29.2. The summed E-state index contributed by atoms with van der Waals surface area (Å²) in [5.74, 6) is 1.51. The first-order chi connectivity index (χ1) is 5.68. The fourth-order valence-electron chi connectivity index (χ4n) is 1.72. The molecule has 1 aliphatic rings. The lowest BCUT2D eigenvalue weighted by atomic mass is 9.86. The molecule has 0 aliphatic heterocycles. The Hall–Kier alpha value is -0.0100. The van der Waals surface area contributed by atoms with Crippen molar-refractivity contribution in [2.75, 3.05) is 0 Å². The average molecular weight is 204 g/mol. The van der Waals surface area contributed by atoms with Gasteiger partial charge in [-0.1, -0.05) is 26.0 Å². The van der Waals surface area contributed by atoms with Crippen LogP contribution >= 0.6 is 12.4 Å². The summed E-state index contributed by atoms with van der Waals surface area (Å²) in [7, 11) is 0. The van der Waals surface area contributed by atoms with Crippen molar-refractivity contribution < 1.29 is 0 Å². The number of halogens is 1. The maximum Gasteiger partial charge on any atom is 0.00392 e. The fourth-order valence-corrected chi connectivity index (χ4v) is 1.72. The molecule has 1 saturated carbocycles. The molecule has 1 aliphatic carbocycles. The molecular formula is C11H22ClN. The van der Waals surface area contributed by atoms with E-state index in [0.717, 1.165) is 5.92 Å². The van der Waals surface area contributed by atoms with Gasteiger partial charge in [0.25, 0.3) is 0 Å². The smallest absolute Gasteiger partial charge is 0.00392 e. The molecule has 1 nitrogen and oxygen atoms in total. The van der Waals surface area contributed by atoms with Crippen LogP contribution in [0.25, 0.3) is 0 Å². The highest BCUT2D eigenvalue weighted by Gasteiger charge is 2.15. The van der Waals surface area contributed by atoms with Crippen LogP contribution in [0, 0.1) is 11.8 Å². The molecule has 0 saturated heterocycles. The second-order valence-corrected chi connectivity index (χ2v) is 4.30. The predicted octanol–water partition coefficient (Wildman–Crippen LogP) is 3.14. The molecule has 0 unspecified atom stereocenters. The number of hydrogen-bond acceptors (Lipinski definition) is 1. The average Bonchev–Trinajstić information content (AvgIpc) is 2.03. The van der Waals surface area contributed by atoms with Gasteiger partial charge in [0, 0.05) is 6.04 Å². The van der Waals surface area contributed by atoms with Gasteiger partial charge in [0.2, 0.25) is 0 Å². The predicted molar refractivity (Wildman–Crippen MR) is 61.2 cm³/mol. The zero-order valence-electron chi connectivity index (χ0n) is 8.70. The van der Waals surface area contributed by atoms with Gasteiger partial charge in [-0.15, -0.1) is 12.4 Å². The van der Waals surface area contributed by atoms with Crippen molar-refractivity contribution in [3.8, 4) is 0 Å². The number of allylic oxidation sites excluding steroid dienone is 2. The topological polar surface area (TPSA) is 26.0 Å². The summed E-state index contributed by atoms with van der Waals surface area (Å²) in [4.78, 5) is 0. The lowest BCUT2D eigenvalue weighted by Crippen LogP contribution is -2.25. The summed E-state index contributed by atoms with van der Waals surface area (Å²) in [5.41, 5.74) is 5.83. The highest BCUT2D eigenvalue weighted by molar-refractivity contribution is 5.85. The van der Waals surface area contributed by atoms with Crippen LogP contribution in [0.1, 0.15) is 39.5 Å². The van der Waals surface area contributed by atoms with Gasteiger partial charge in [-0.2, -0.15) is 0 Å². The van der Waals surface area contributed by atoms with Gasteiger partial charge in [-0.3, -0.25) is 0 Å². The summed E-state index contributed by atoms with van der Waals surface area (Å²) in [5, 5.41) is 0. The number of hydrogen-bond donors (Lipinski definition) is 1. The lowest BCUT2D eigenvalue weighted by Gasteiger charge is -2.23. The van der Waals surface area contributed by atoms with Crippen molar-refractivity contribution in [1.29, 1.82) is 0 Å². The summed E-state index contributed by atoms with van der Waals surface area (Å²) >= 11 is 0. The Bertz CT molecular complexity index is 146. The van der Waals surface area contributed by atoms with Crippen LogP contribution in [0.15, 0.2) is 12.2 Å². The minimum absolute atomic E-state index is 0. The number of rotatable bonds is 2. The van der Waals surface area contributed by atoms with E-state index in [9.17, 15) is 0 Å². The van der Waals surface area contributed by atoms with Crippen molar-refractivity contribution in [2.24, 2.45) is 17.6 Å². The third kappa shape index (κ3) is 5.33. The van der Waals surface area contributed by atoms with Gasteiger partial charge in [-0.05, 0) is 37.5 Å². The van der Waals surface area contributed by atoms with E-state index in [-0.39, 0.29) is 12.4 Å². The molecule has 78 valence electrons. The lowest BCUT2D eigenvalue weighted by molar-refractivity contribution is 0.374. The quantitative estimate of drug-likeness (QED) is 0.686. The van der Waals surface area contributed by atoms with Crippen LogP contribution in [0.4, 0.5) is 0 Å². The zero-order valence-corrected chi connectivity index (χ0v) is 9.52. The van der Waals surface area contributed by atoms with Gasteiger partial charge < -0.3 is 5.73 Å². The van der Waals surface area contributed by atoms with E-state index in [1.165, 1.54) is 25.7 Å². The Labute approximate surface area is 88.2 Å². The van der Waals surface area contributed by atoms with E-state index in [1.54, 1.807) is 0 Å². The number of nitrogens with two attached hydrogens (primary N) is 1. The van der Waals surface area contributed by atoms with Crippen LogP contribution in [0.3, 0.4) is 0 Å². The van der Waals surface area contributed by atoms with Gasteiger partial charge >= 0.3 is 0 Å². The molecule has 1 fully saturated rings. The summed E-state index contributed by atoms with van der Waals surface area (Å²) in [6.45, 7) is 4.45. The van der Waals surface area contributed by atoms with Crippen molar-refractivity contribution in [1.82, 2.24) is 0 Å². The molecule has 2 heteroatoms. The monoisotopic (exact) mass is 203 g/mol. The molecule has 0 radical (unpaired) electrons. The molecule has 0 atom stereocenters. The molecule has 0 aromatic carbocycles. The highest BCUT2D eigenvalue weighted by Crippen LogP contribution is 2.24. The molecule has 0 aromatic rings. The first kappa shape index (κ1) is 13.0. The van der Waals surface area contributed by atoms with Gasteiger partial charge in [0.15, 0.2) is 0 Å². The highest BCUT2D eigenvalue weighted by atomic mass is 35.5. The molecule has 0 spiro atoms. The van der Waals surface area contributed by atoms with E-state index in [0.29, 0.717) is 12.0 Å².